The number of benzene rings is 1. The molecule has 3 N–H and O–H groups in total. The number of hydrogen-bond acceptors (Lipinski definition) is 5. The molecule has 0 aliphatic heterocycles. The van der Waals surface area contributed by atoms with Crippen LogP contribution in [0.5, 0.6) is 0 Å². The summed E-state index contributed by atoms with van der Waals surface area (Å²) in [6, 6.07) is 3.98. The first kappa shape index (κ1) is 13.9. The Bertz CT molecular complexity index is 448. The Kier molecular flexibility index (Phi) is 5.06. The van der Waals surface area contributed by atoms with Crippen LogP contribution in [0.25, 0.3) is 0 Å². The summed E-state index contributed by atoms with van der Waals surface area (Å²) < 4.78 is 4.87. The molecule has 0 spiro atoms. The van der Waals surface area contributed by atoms with Crippen molar-refractivity contribution in [1.82, 2.24) is 0 Å². The smallest absolute Gasteiger partial charge is 0.292 e. The van der Waals surface area contributed by atoms with E-state index in [9.17, 15) is 14.9 Å². The quantitative estimate of drug-likeness (QED) is 0.430. The van der Waals surface area contributed by atoms with Gasteiger partial charge >= 0.3 is 0 Å². The molecule has 7 nitrogen and oxygen atoms in total. The molecular formula is C11H15N3O4. The van der Waals surface area contributed by atoms with Gasteiger partial charge in [0, 0.05) is 31.9 Å². The van der Waals surface area contributed by atoms with Crippen LogP contribution in [0.2, 0.25) is 0 Å². The normalized spacial score (nSPS) is 10.1. The lowest BCUT2D eigenvalue weighted by molar-refractivity contribution is -0.384. The molecule has 1 aromatic carbocycles. The van der Waals surface area contributed by atoms with E-state index in [1.54, 1.807) is 7.11 Å². The predicted octanol–water partition coefficient (Wildman–Crippen LogP) is 1.14. The zero-order valence-electron chi connectivity index (χ0n) is 10.0. The van der Waals surface area contributed by atoms with Crippen LogP contribution in [0.3, 0.4) is 0 Å². The minimum Gasteiger partial charge on any atom is -0.385 e. The number of nitrogens with two attached hydrogens (primary N) is 1. The molecule has 7 heteroatoms. The maximum Gasteiger partial charge on any atom is 0.292 e. The van der Waals surface area contributed by atoms with Gasteiger partial charge in [0.05, 0.1) is 4.92 Å². The van der Waals surface area contributed by atoms with Crippen LogP contribution in [0.1, 0.15) is 16.8 Å². The number of rotatable bonds is 7. The molecule has 98 valence electrons. The van der Waals surface area contributed by atoms with Gasteiger partial charge in [0.1, 0.15) is 5.69 Å². The van der Waals surface area contributed by atoms with E-state index in [4.69, 9.17) is 10.5 Å². The highest BCUT2D eigenvalue weighted by Crippen LogP contribution is 2.25. The Balaban J connectivity index is 2.86. The number of nitro groups is 1. The minimum atomic E-state index is -0.621. The van der Waals surface area contributed by atoms with Gasteiger partial charge in [-0.25, -0.2) is 0 Å². The first-order chi connectivity index (χ1) is 8.56. The van der Waals surface area contributed by atoms with Crippen LogP contribution in [0, 0.1) is 10.1 Å². The topological polar surface area (TPSA) is 107 Å². The fraction of sp³-hybridized carbons (Fsp3) is 0.364. The minimum absolute atomic E-state index is 0.0857. The maximum absolute atomic E-state index is 11.0. The van der Waals surface area contributed by atoms with E-state index in [-0.39, 0.29) is 16.9 Å². The molecule has 1 amide bonds. The molecular weight excluding hydrogens is 238 g/mol. The van der Waals surface area contributed by atoms with E-state index in [0.717, 1.165) is 0 Å². The van der Waals surface area contributed by atoms with E-state index >= 15 is 0 Å². The fourth-order valence-electron chi connectivity index (χ4n) is 1.43. The summed E-state index contributed by atoms with van der Waals surface area (Å²) in [7, 11) is 1.58. The highest BCUT2D eigenvalue weighted by Gasteiger charge is 2.15. The lowest BCUT2D eigenvalue weighted by Crippen LogP contribution is -2.13. The highest BCUT2D eigenvalue weighted by atomic mass is 16.6. The number of methoxy groups -OCH3 is 1. The Morgan fingerprint density at radius 2 is 2.28 bits per heavy atom. The van der Waals surface area contributed by atoms with Crippen molar-refractivity contribution < 1.29 is 14.5 Å². The average molecular weight is 253 g/mol. The summed E-state index contributed by atoms with van der Waals surface area (Å²) in [6.07, 6.45) is 0.703. The zero-order valence-corrected chi connectivity index (χ0v) is 10.0. The molecule has 0 heterocycles. The number of amides is 1. The molecule has 0 aliphatic carbocycles. The van der Waals surface area contributed by atoms with E-state index in [2.05, 4.69) is 5.32 Å². The van der Waals surface area contributed by atoms with Gasteiger partial charge in [0.2, 0.25) is 5.91 Å². The van der Waals surface area contributed by atoms with Crippen molar-refractivity contribution in [2.24, 2.45) is 5.73 Å². The monoisotopic (exact) mass is 253 g/mol. The molecule has 0 radical (unpaired) electrons. The SMILES string of the molecule is COCCCNc1cc(C(N)=O)ccc1[N+](=O)[O-]. The molecule has 0 fully saturated rings. The Morgan fingerprint density at radius 1 is 1.56 bits per heavy atom. The van der Waals surface area contributed by atoms with Gasteiger partial charge in [-0.15, -0.1) is 0 Å². The van der Waals surface area contributed by atoms with E-state index < -0.39 is 10.8 Å². The van der Waals surface area contributed by atoms with Gasteiger partial charge in [-0.1, -0.05) is 0 Å². The number of carbonyl (C=O) groups excluding carboxylic acids is 1. The number of anilines is 1. The van der Waals surface area contributed by atoms with Gasteiger partial charge in [0.25, 0.3) is 5.69 Å². The van der Waals surface area contributed by atoms with Crippen LogP contribution >= 0.6 is 0 Å². The van der Waals surface area contributed by atoms with Gasteiger partial charge in [-0.05, 0) is 18.6 Å². The van der Waals surface area contributed by atoms with Crippen molar-refractivity contribution in [3.63, 3.8) is 0 Å². The number of carbonyl (C=O) groups is 1. The van der Waals surface area contributed by atoms with Crippen molar-refractivity contribution in [2.75, 3.05) is 25.6 Å². The van der Waals surface area contributed by atoms with Crippen molar-refractivity contribution in [3.05, 3.63) is 33.9 Å². The third-order valence-electron chi connectivity index (χ3n) is 2.32. The number of nitrogens with one attached hydrogen (secondary N) is 1. The Labute approximate surface area is 104 Å². The largest absolute Gasteiger partial charge is 0.385 e. The Hall–Kier alpha value is -2.15. The molecule has 0 aromatic heterocycles. The van der Waals surface area contributed by atoms with Crippen molar-refractivity contribution in [1.29, 1.82) is 0 Å². The van der Waals surface area contributed by atoms with Crippen molar-refractivity contribution in [2.45, 2.75) is 6.42 Å². The number of nitrogens with zero attached hydrogens (tertiary/aromatic N) is 1. The number of hydrogen-bond donors (Lipinski definition) is 2. The van der Waals surface area contributed by atoms with E-state index in [1.165, 1.54) is 18.2 Å². The lowest BCUT2D eigenvalue weighted by atomic mass is 10.1. The lowest BCUT2D eigenvalue weighted by Gasteiger charge is -2.07. The van der Waals surface area contributed by atoms with Gasteiger partial charge in [-0.2, -0.15) is 0 Å². The van der Waals surface area contributed by atoms with Crippen LogP contribution in [-0.2, 0) is 4.74 Å². The summed E-state index contributed by atoms with van der Waals surface area (Å²) in [6.45, 7) is 1.06. The van der Waals surface area contributed by atoms with Gasteiger partial charge < -0.3 is 15.8 Å². The molecule has 1 aromatic rings. The summed E-state index contributed by atoms with van der Waals surface area (Å²) in [5, 5.41) is 13.7. The van der Waals surface area contributed by atoms with Gasteiger partial charge in [0.15, 0.2) is 0 Å². The molecule has 1 rings (SSSR count). The molecule has 0 bridgehead atoms. The Morgan fingerprint density at radius 3 is 2.83 bits per heavy atom. The first-order valence-electron chi connectivity index (χ1n) is 5.37. The van der Waals surface area contributed by atoms with E-state index in [1.807, 2.05) is 0 Å². The van der Waals surface area contributed by atoms with Crippen LogP contribution in [-0.4, -0.2) is 31.1 Å². The fourth-order valence-corrected chi connectivity index (χ4v) is 1.43. The number of primary amides is 1. The summed E-state index contributed by atoms with van der Waals surface area (Å²) in [4.78, 5) is 21.3. The number of ether oxygens (including phenoxy) is 1. The predicted molar refractivity (Wildman–Crippen MR) is 66.6 cm³/mol. The third-order valence-corrected chi connectivity index (χ3v) is 2.32. The average Bonchev–Trinajstić information content (AvgIpc) is 2.34. The third kappa shape index (κ3) is 3.70. The first-order valence-corrected chi connectivity index (χ1v) is 5.37. The number of nitro benzene ring substituents is 1. The molecule has 0 unspecified atom stereocenters. The second kappa shape index (κ2) is 6.55. The molecule has 0 saturated heterocycles. The van der Waals surface area contributed by atoms with E-state index in [0.29, 0.717) is 19.6 Å². The molecule has 0 atom stereocenters. The van der Waals surface area contributed by atoms with Crippen molar-refractivity contribution >= 4 is 17.3 Å². The maximum atomic E-state index is 11.0. The standard InChI is InChI=1S/C11H15N3O4/c1-18-6-2-5-13-9-7-8(11(12)15)3-4-10(9)14(16)17/h3-4,7,13H,2,5-6H2,1H3,(H2,12,15). The highest BCUT2D eigenvalue weighted by molar-refractivity contribution is 5.94. The van der Waals surface area contributed by atoms with Crippen LogP contribution < -0.4 is 11.1 Å². The van der Waals surface area contributed by atoms with Gasteiger partial charge in [-0.3, -0.25) is 14.9 Å². The van der Waals surface area contributed by atoms with Crippen LogP contribution in [0.15, 0.2) is 18.2 Å². The van der Waals surface area contributed by atoms with Crippen molar-refractivity contribution in [3.8, 4) is 0 Å². The summed E-state index contributed by atoms with van der Waals surface area (Å²) >= 11 is 0. The summed E-state index contributed by atoms with van der Waals surface area (Å²) in [5.74, 6) is -0.621. The van der Waals surface area contributed by atoms with Crippen LogP contribution in [0.4, 0.5) is 11.4 Å². The second-order valence-electron chi connectivity index (χ2n) is 3.63. The molecule has 18 heavy (non-hydrogen) atoms. The molecule has 0 aliphatic rings. The second-order valence-corrected chi connectivity index (χ2v) is 3.63. The summed E-state index contributed by atoms with van der Waals surface area (Å²) in [5.41, 5.74) is 5.56. The zero-order chi connectivity index (χ0) is 13.5. The molecule has 0 saturated carbocycles.